The molecule has 1 heterocycles. The van der Waals surface area contributed by atoms with E-state index >= 15 is 0 Å². The Hall–Kier alpha value is -1.79. The smallest absolute Gasteiger partial charge is 0.410 e. The Kier molecular flexibility index (Phi) is 4.93. The first kappa shape index (κ1) is 16.6. The number of carbonyl (C=O) groups excluding carboxylic acids is 1. The molecule has 0 saturated heterocycles. The van der Waals surface area contributed by atoms with E-state index in [0.29, 0.717) is 13.1 Å². The molecule has 1 aromatic rings. The molecule has 0 fully saturated rings. The second-order valence-electron chi connectivity index (χ2n) is 6.54. The SMILES string of the molecule is CC(C)(C)OC(=O)N1Cc2ccc(NCC(O)CO)cc2C1. The van der Waals surface area contributed by atoms with Crippen LogP contribution in [0, 0.1) is 0 Å². The number of hydrogen-bond acceptors (Lipinski definition) is 5. The van der Waals surface area contributed by atoms with Gasteiger partial charge in [-0.05, 0) is 44.0 Å². The Morgan fingerprint density at radius 2 is 2.05 bits per heavy atom. The molecular formula is C16H24N2O4. The number of carbonyl (C=O) groups is 1. The first-order chi connectivity index (χ1) is 10.3. The van der Waals surface area contributed by atoms with Crippen molar-refractivity contribution in [3.63, 3.8) is 0 Å². The summed E-state index contributed by atoms with van der Waals surface area (Å²) < 4.78 is 5.39. The Labute approximate surface area is 130 Å². The summed E-state index contributed by atoms with van der Waals surface area (Å²) in [6.07, 6.45) is -1.10. The largest absolute Gasteiger partial charge is 0.444 e. The molecule has 6 heteroatoms. The van der Waals surface area contributed by atoms with Gasteiger partial charge in [0, 0.05) is 25.3 Å². The lowest BCUT2D eigenvalue weighted by Gasteiger charge is -2.24. The van der Waals surface area contributed by atoms with Gasteiger partial charge in [0.15, 0.2) is 0 Å². The topological polar surface area (TPSA) is 82.0 Å². The number of aliphatic hydroxyl groups is 2. The number of benzene rings is 1. The van der Waals surface area contributed by atoms with Crippen molar-refractivity contribution < 1.29 is 19.7 Å². The van der Waals surface area contributed by atoms with Crippen LogP contribution < -0.4 is 5.32 Å². The summed E-state index contributed by atoms with van der Waals surface area (Å²) in [4.78, 5) is 13.8. The maximum absolute atomic E-state index is 12.1. The Balaban J connectivity index is 1.98. The molecule has 1 unspecified atom stereocenters. The molecule has 0 saturated carbocycles. The van der Waals surface area contributed by atoms with Crippen LogP contribution in [0.25, 0.3) is 0 Å². The van der Waals surface area contributed by atoms with E-state index in [0.717, 1.165) is 16.8 Å². The Bertz CT molecular complexity index is 539. The highest BCUT2D eigenvalue weighted by atomic mass is 16.6. The van der Waals surface area contributed by atoms with Crippen molar-refractivity contribution in [3.8, 4) is 0 Å². The van der Waals surface area contributed by atoms with Gasteiger partial charge in [-0.15, -0.1) is 0 Å². The lowest BCUT2D eigenvalue weighted by atomic mass is 10.1. The van der Waals surface area contributed by atoms with Gasteiger partial charge < -0.3 is 20.3 Å². The third-order valence-electron chi connectivity index (χ3n) is 3.33. The fourth-order valence-corrected chi connectivity index (χ4v) is 2.26. The summed E-state index contributed by atoms with van der Waals surface area (Å²) in [5.74, 6) is 0. The van der Waals surface area contributed by atoms with Crippen LogP contribution in [0.5, 0.6) is 0 Å². The van der Waals surface area contributed by atoms with Crippen LogP contribution in [0.2, 0.25) is 0 Å². The van der Waals surface area contributed by atoms with Crippen molar-refractivity contribution in [2.45, 2.75) is 45.6 Å². The quantitative estimate of drug-likeness (QED) is 0.789. The van der Waals surface area contributed by atoms with Crippen LogP contribution >= 0.6 is 0 Å². The molecule has 0 spiro atoms. The van der Waals surface area contributed by atoms with Crippen LogP contribution in [0.4, 0.5) is 10.5 Å². The highest BCUT2D eigenvalue weighted by molar-refractivity contribution is 5.69. The van der Waals surface area contributed by atoms with Crippen molar-refractivity contribution in [2.75, 3.05) is 18.5 Å². The van der Waals surface area contributed by atoms with Crippen LogP contribution in [-0.2, 0) is 17.8 Å². The van der Waals surface area contributed by atoms with Gasteiger partial charge in [0.1, 0.15) is 5.60 Å². The van der Waals surface area contributed by atoms with Crippen LogP contribution in [-0.4, -0.2) is 46.1 Å². The number of fused-ring (bicyclic) bond motifs is 1. The summed E-state index contributed by atoms with van der Waals surface area (Å²) >= 11 is 0. The van der Waals surface area contributed by atoms with E-state index in [2.05, 4.69) is 5.32 Å². The fraction of sp³-hybridized carbons (Fsp3) is 0.562. The van der Waals surface area contributed by atoms with E-state index in [-0.39, 0.29) is 19.2 Å². The lowest BCUT2D eigenvalue weighted by molar-refractivity contribution is 0.0242. The molecule has 1 atom stereocenters. The minimum absolute atomic E-state index is 0.273. The molecule has 122 valence electrons. The number of nitrogens with one attached hydrogen (secondary N) is 1. The van der Waals surface area contributed by atoms with Crippen molar-refractivity contribution in [1.82, 2.24) is 4.90 Å². The summed E-state index contributed by atoms with van der Waals surface area (Å²) in [5.41, 5.74) is 2.52. The zero-order chi connectivity index (χ0) is 16.3. The van der Waals surface area contributed by atoms with E-state index in [1.54, 1.807) is 4.90 Å². The molecule has 2 rings (SSSR count). The molecule has 3 N–H and O–H groups in total. The van der Waals surface area contributed by atoms with Crippen LogP contribution in [0.3, 0.4) is 0 Å². The molecule has 6 nitrogen and oxygen atoms in total. The van der Waals surface area contributed by atoms with E-state index in [1.165, 1.54) is 0 Å². The van der Waals surface area contributed by atoms with E-state index in [9.17, 15) is 9.90 Å². The average Bonchev–Trinajstić information content (AvgIpc) is 2.86. The van der Waals surface area contributed by atoms with E-state index < -0.39 is 11.7 Å². The number of hydrogen-bond donors (Lipinski definition) is 3. The molecule has 1 amide bonds. The first-order valence-corrected chi connectivity index (χ1v) is 7.41. The third kappa shape index (κ3) is 4.35. The zero-order valence-corrected chi connectivity index (χ0v) is 13.3. The van der Waals surface area contributed by atoms with Gasteiger partial charge in [0.25, 0.3) is 0 Å². The van der Waals surface area contributed by atoms with Crippen molar-refractivity contribution in [3.05, 3.63) is 29.3 Å². The Morgan fingerprint density at radius 3 is 2.68 bits per heavy atom. The normalized spacial score (nSPS) is 15.4. The molecule has 0 aromatic heterocycles. The molecule has 1 aromatic carbocycles. The molecule has 0 aliphatic carbocycles. The van der Waals surface area contributed by atoms with E-state index in [1.807, 2.05) is 39.0 Å². The summed E-state index contributed by atoms with van der Waals surface area (Å²) in [5, 5.41) is 21.2. The fourth-order valence-electron chi connectivity index (χ4n) is 2.26. The standard InChI is InChI=1S/C16H24N2O4/c1-16(2,3)22-15(21)18-8-11-4-5-13(6-12(11)9-18)17-7-14(20)10-19/h4-6,14,17,19-20H,7-10H2,1-3H3. The lowest BCUT2D eigenvalue weighted by Crippen LogP contribution is -2.33. The second kappa shape index (κ2) is 6.54. The second-order valence-corrected chi connectivity index (χ2v) is 6.54. The molecular weight excluding hydrogens is 284 g/mol. The first-order valence-electron chi connectivity index (χ1n) is 7.41. The van der Waals surface area contributed by atoms with Crippen molar-refractivity contribution >= 4 is 11.8 Å². The molecule has 0 bridgehead atoms. The number of nitrogens with zero attached hydrogens (tertiary/aromatic N) is 1. The molecule has 22 heavy (non-hydrogen) atoms. The summed E-state index contributed by atoms with van der Waals surface area (Å²) in [6.45, 7) is 6.62. The predicted octanol–water partition coefficient (Wildman–Crippen LogP) is 1.70. The maximum atomic E-state index is 12.1. The number of anilines is 1. The molecule has 1 aliphatic rings. The molecule has 1 aliphatic heterocycles. The summed E-state index contributed by atoms with van der Waals surface area (Å²) in [6, 6.07) is 5.83. The Morgan fingerprint density at radius 1 is 1.36 bits per heavy atom. The van der Waals surface area contributed by atoms with Gasteiger partial charge in [0.05, 0.1) is 12.7 Å². The number of amides is 1. The highest BCUT2D eigenvalue weighted by Gasteiger charge is 2.27. The zero-order valence-electron chi connectivity index (χ0n) is 13.3. The summed E-state index contributed by atoms with van der Waals surface area (Å²) in [7, 11) is 0. The van der Waals surface area contributed by atoms with Crippen LogP contribution in [0.15, 0.2) is 18.2 Å². The highest BCUT2D eigenvalue weighted by Crippen LogP contribution is 2.27. The number of ether oxygens (including phenoxy) is 1. The van der Waals surface area contributed by atoms with Gasteiger partial charge in [-0.25, -0.2) is 4.79 Å². The van der Waals surface area contributed by atoms with Crippen molar-refractivity contribution in [1.29, 1.82) is 0 Å². The van der Waals surface area contributed by atoms with Gasteiger partial charge in [-0.1, -0.05) is 6.07 Å². The van der Waals surface area contributed by atoms with Crippen LogP contribution in [0.1, 0.15) is 31.9 Å². The van der Waals surface area contributed by atoms with Gasteiger partial charge in [0.2, 0.25) is 0 Å². The predicted molar refractivity (Wildman–Crippen MR) is 83.5 cm³/mol. The molecule has 0 radical (unpaired) electrons. The number of aliphatic hydroxyl groups excluding tert-OH is 2. The van der Waals surface area contributed by atoms with Gasteiger partial charge in [-0.2, -0.15) is 0 Å². The van der Waals surface area contributed by atoms with Gasteiger partial charge >= 0.3 is 6.09 Å². The maximum Gasteiger partial charge on any atom is 0.410 e. The minimum atomic E-state index is -0.786. The number of rotatable bonds is 4. The van der Waals surface area contributed by atoms with E-state index in [4.69, 9.17) is 9.84 Å². The monoisotopic (exact) mass is 308 g/mol. The van der Waals surface area contributed by atoms with Gasteiger partial charge in [-0.3, -0.25) is 4.90 Å². The minimum Gasteiger partial charge on any atom is -0.444 e. The average molecular weight is 308 g/mol. The third-order valence-corrected chi connectivity index (χ3v) is 3.33. The van der Waals surface area contributed by atoms with Crippen molar-refractivity contribution in [2.24, 2.45) is 0 Å².